The van der Waals surface area contributed by atoms with Crippen LogP contribution in [0.4, 0.5) is 10.1 Å². The molecule has 26 heavy (non-hydrogen) atoms. The van der Waals surface area contributed by atoms with Crippen molar-refractivity contribution in [1.82, 2.24) is 10.1 Å². The molecule has 3 aromatic rings. The van der Waals surface area contributed by atoms with Crippen molar-refractivity contribution in [1.29, 1.82) is 0 Å². The van der Waals surface area contributed by atoms with Crippen molar-refractivity contribution in [2.75, 3.05) is 12.4 Å². The monoisotopic (exact) mass is 355 g/mol. The number of methoxy groups -OCH3 is 1. The van der Waals surface area contributed by atoms with Gasteiger partial charge in [-0.3, -0.25) is 4.79 Å². The van der Waals surface area contributed by atoms with E-state index < -0.39 is 0 Å². The van der Waals surface area contributed by atoms with Crippen LogP contribution >= 0.6 is 0 Å². The number of aryl methyl sites for hydroxylation is 1. The summed E-state index contributed by atoms with van der Waals surface area (Å²) >= 11 is 0. The molecule has 0 spiro atoms. The Bertz CT molecular complexity index is 878. The van der Waals surface area contributed by atoms with E-state index >= 15 is 0 Å². The molecule has 1 N–H and O–H groups in total. The fourth-order valence-corrected chi connectivity index (χ4v) is 2.45. The highest BCUT2D eigenvalue weighted by Crippen LogP contribution is 2.27. The molecule has 0 radical (unpaired) electrons. The summed E-state index contributed by atoms with van der Waals surface area (Å²) in [6, 6.07) is 13.0. The summed E-state index contributed by atoms with van der Waals surface area (Å²) in [4.78, 5) is 16.3. The van der Waals surface area contributed by atoms with Gasteiger partial charge in [-0.25, -0.2) is 4.39 Å². The molecule has 1 heterocycles. The lowest BCUT2D eigenvalue weighted by Gasteiger charge is -2.04. The SMILES string of the molecule is COc1ccccc1-c1noc(CCCC(=O)Nc2ccc(F)cc2)n1. The third-order valence-electron chi connectivity index (χ3n) is 3.74. The van der Waals surface area contributed by atoms with Crippen LogP contribution in [-0.4, -0.2) is 23.2 Å². The summed E-state index contributed by atoms with van der Waals surface area (Å²) in [5.74, 6) is 1.08. The standard InChI is InChI=1S/C19H18FN3O3/c1-25-16-6-3-2-5-15(16)19-22-18(26-23-19)8-4-7-17(24)21-14-11-9-13(20)10-12-14/h2-3,5-6,9-12H,4,7-8H2,1H3,(H,21,24). The maximum absolute atomic E-state index is 12.8. The third kappa shape index (κ3) is 4.44. The number of para-hydroxylation sites is 1. The molecule has 7 heteroatoms. The van der Waals surface area contributed by atoms with Crippen LogP contribution in [0.15, 0.2) is 53.1 Å². The number of carbonyl (C=O) groups excluding carboxylic acids is 1. The number of amides is 1. The Kier molecular flexibility index (Phi) is 5.58. The molecular formula is C19H18FN3O3. The highest BCUT2D eigenvalue weighted by molar-refractivity contribution is 5.90. The summed E-state index contributed by atoms with van der Waals surface area (Å²) in [5.41, 5.74) is 1.31. The molecule has 0 bridgehead atoms. The molecule has 1 amide bonds. The van der Waals surface area contributed by atoms with Crippen molar-refractivity contribution < 1.29 is 18.4 Å². The summed E-state index contributed by atoms with van der Waals surface area (Å²) in [5, 5.41) is 6.68. The average molecular weight is 355 g/mol. The molecule has 6 nitrogen and oxygen atoms in total. The van der Waals surface area contributed by atoms with Gasteiger partial charge < -0.3 is 14.6 Å². The number of nitrogens with one attached hydrogen (secondary N) is 1. The number of nitrogens with zero attached hydrogens (tertiary/aromatic N) is 2. The number of ether oxygens (including phenoxy) is 1. The average Bonchev–Trinajstić information content (AvgIpc) is 3.12. The Hall–Kier alpha value is -3.22. The zero-order chi connectivity index (χ0) is 18.4. The van der Waals surface area contributed by atoms with E-state index in [1.54, 1.807) is 7.11 Å². The van der Waals surface area contributed by atoms with E-state index in [1.807, 2.05) is 24.3 Å². The van der Waals surface area contributed by atoms with E-state index in [-0.39, 0.29) is 11.7 Å². The second-order valence-corrected chi connectivity index (χ2v) is 5.62. The summed E-state index contributed by atoms with van der Waals surface area (Å²) in [6.45, 7) is 0. The first-order valence-corrected chi connectivity index (χ1v) is 8.17. The highest BCUT2D eigenvalue weighted by Gasteiger charge is 2.13. The number of benzene rings is 2. The van der Waals surface area contributed by atoms with Crippen LogP contribution in [0.25, 0.3) is 11.4 Å². The van der Waals surface area contributed by atoms with Crippen LogP contribution in [0.2, 0.25) is 0 Å². The zero-order valence-electron chi connectivity index (χ0n) is 14.2. The molecular weight excluding hydrogens is 337 g/mol. The van der Waals surface area contributed by atoms with Crippen LogP contribution < -0.4 is 10.1 Å². The van der Waals surface area contributed by atoms with E-state index in [4.69, 9.17) is 9.26 Å². The lowest BCUT2D eigenvalue weighted by Crippen LogP contribution is -2.11. The molecule has 0 aliphatic carbocycles. The molecule has 0 aliphatic heterocycles. The Labute approximate surface area is 150 Å². The van der Waals surface area contributed by atoms with Gasteiger partial charge in [-0.05, 0) is 42.8 Å². The molecule has 3 rings (SSSR count). The molecule has 0 aliphatic rings. The van der Waals surface area contributed by atoms with Gasteiger partial charge in [-0.2, -0.15) is 4.98 Å². The molecule has 0 unspecified atom stereocenters. The minimum Gasteiger partial charge on any atom is -0.496 e. The predicted molar refractivity (Wildman–Crippen MR) is 94.3 cm³/mol. The van der Waals surface area contributed by atoms with E-state index in [1.165, 1.54) is 24.3 Å². The van der Waals surface area contributed by atoms with Gasteiger partial charge in [0.15, 0.2) is 0 Å². The Morgan fingerprint density at radius 1 is 1.19 bits per heavy atom. The minimum atomic E-state index is -0.342. The number of hydrogen-bond acceptors (Lipinski definition) is 5. The largest absolute Gasteiger partial charge is 0.496 e. The van der Waals surface area contributed by atoms with Gasteiger partial charge in [0.1, 0.15) is 11.6 Å². The Balaban J connectivity index is 1.52. The number of halogens is 1. The van der Waals surface area contributed by atoms with E-state index in [0.29, 0.717) is 42.4 Å². The lowest BCUT2D eigenvalue weighted by atomic mass is 10.2. The number of aromatic nitrogens is 2. The lowest BCUT2D eigenvalue weighted by molar-refractivity contribution is -0.116. The first-order chi connectivity index (χ1) is 12.7. The second kappa shape index (κ2) is 8.24. The normalized spacial score (nSPS) is 10.5. The Morgan fingerprint density at radius 3 is 2.73 bits per heavy atom. The van der Waals surface area contributed by atoms with Crippen LogP contribution in [0.1, 0.15) is 18.7 Å². The van der Waals surface area contributed by atoms with Gasteiger partial charge in [-0.1, -0.05) is 17.3 Å². The maximum Gasteiger partial charge on any atom is 0.226 e. The van der Waals surface area contributed by atoms with Crippen LogP contribution in [-0.2, 0) is 11.2 Å². The summed E-state index contributed by atoms with van der Waals surface area (Å²) in [6.07, 6.45) is 1.34. The molecule has 134 valence electrons. The van der Waals surface area contributed by atoms with Gasteiger partial charge in [0.25, 0.3) is 0 Å². The van der Waals surface area contributed by atoms with Crippen LogP contribution in [0, 0.1) is 5.82 Å². The van der Waals surface area contributed by atoms with Crippen molar-refractivity contribution in [3.8, 4) is 17.1 Å². The minimum absolute atomic E-state index is 0.152. The van der Waals surface area contributed by atoms with E-state index in [2.05, 4.69) is 15.5 Å². The number of anilines is 1. The van der Waals surface area contributed by atoms with E-state index in [0.717, 1.165) is 5.56 Å². The van der Waals surface area contributed by atoms with Gasteiger partial charge >= 0.3 is 0 Å². The zero-order valence-corrected chi connectivity index (χ0v) is 14.2. The van der Waals surface area contributed by atoms with Gasteiger partial charge in [0.05, 0.1) is 12.7 Å². The molecule has 0 saturated heterocycles. The van der Waals surface area contributed by atoms with E-state index in [9.17, 15) is 9.18 Å². The fourth-order valence-electron chi connectivity index (χ4n) is 2.45. The highest BCUT2D eigenvalue weighted by atomic mass is 19.1. The van der Waals surface area contributed by atoms with Crippen LogP contribution in [0.3, 0.4) is 0 Å². The first-order valence-electron chi connectivity index (χ1n) is 8.17. The topological polar surface area (TPSA) is 77.2 Å². The summed E-state index contributed by atoms with van der Waals surface area (Å²) in [7, 11) is 1.58. The second-order valence-electron chi connectivity index (χ2n) is 5.62. The summed E-state index contributed by atoms with van der Waals surface area (Å²) < 4.78 is 23.4. The molecule has 1 aromatic heterocycles. The number of carbonyl (C=O) groups is 1. The van der Waals surface area contributed by atoms with Crippen molar-refractivity contribution in [3.63, 3.8) is 0 Å². The number of rotatable bonds is 7. The molecule has 2 aromatic carbocycles. The maximum atomic E-state index is 12.8. The first kappa shape index (κ1) is 17.6. The van der Waals surface area contributed by atoms with Crippen molar-refractivity contribution in [2.45, 2.75) is 19.3 Å². The van der Waals surface area contributed by atoms with Crippen LogP contribution in [0.5, 0.6) is 5.75 Å². The van der Waals surface area contributed by atoms with Crippen molar-refractivity contribution in [3.05, 3.63) is 60.2 Å². The third-order valence-corrected chi connectivity index (χ3v) is 3.74. The van der Waals surface area contributed by atoms with Crippen molar-refractivity contribution >= 4 is 11.6 Å². The van der Waals surface area contributed by atoms with Gasteiger partial charge in [0, 0.05) is 18.5 Å². The number of hydrogen-bond donors (Lipinski definition) is 1. The molecule has 0 fully saturated rings. The fraction of sp³-hybridized carbons (Fsp3) is 0.211. The smallest absolute Gasteiger partial charge is 0.226 e. The van der Waals surface area contributed by atoms with Gasteiger partial charge in [-0.15, -0.1) is 0 Å². The molecule has 0 saturated carbocycles. The van der Waals surface area contributed by atoms with Crippen molar-refractivity contribution in [2.24, 2.45) is 0 Å². The quantitative estimate of drug-likeness (QED) is 0.697. The predicted octanol–water partition coefficient (Wildman–Crippen LogP) is 3.85. The molecule has 0 atom stereocenters. The Morgan fingerprint density at radius 2 is 1.96 bits per heavy atom. The van der Waals surface area contributed by atoms with Gasteiger partial charge in [0.2, 0.25) is 17.6 Å².